The van der Waals surface area contributed by atoms with E-state index < -0.39 is 0 Å². The lowest BCUT2D eigenvalue weighted by atomic mass is 10.2. The Hall–Kier alpha value is -1.88. The van der Waals surface area contributed by atoms with E-state index in [-0.39, 0.29) is 5.91 Å². The highest BCUT2D eigenvalue weighted by Crippen LogP contribution is 2.14. The van der Waals surface area contributed by atoms with Gasteiger partial charge in [-0.1, -0.05) is 41.9 Å². The summed E-state index contributed by atoms with van der Waals surface area (Å²) in [7, 11) is 0. The minimum atomic E-state index is 0.0560. The normalized spacial score (nSPS) is 15.9. The quantitative estimate of drug-likeness (QED) is 0.890. The van der Waals surface area contributed by atoms with Crippen LogP contribution in [-0.4, -0.2) is 48.4 Å². The molecule has 0 bridgehead atoms. The standard InChI is InChI=1S/C20H24ClN3O/c1-16-4-2-3-5-19(16)22-20(25)15-24-12-10-23(11-13-24)14-17-6-8-18(21)9-7-17/h2-9H,10-15H2,1H3,(H,22,25). The van der Waals surface area contributed by atoms with Gasteiger partial charge >= 0.3 is 0 Å². The molecule has 1 N–H and O–H groups in total. The molecule has 2 aromatic rings. The fraction of sp³-hybridized carbons (Fsp3) is 0.350. The summed E-state index contributed by atoms with van der Waals surface area (Å²) in [5.74, 6) is 0.0560. The second-order valence-corrected chi connectivity index (χ2v) is 6.98. The second kappa shape index (κ2) is 8.48. The summed E-state index contributed by atoms with van der Waals surface area (Å²) in [5.41, 5.74) is 3.26. The highest BCUT2D eigenvalue weighted by molar-refractivity contribution is 6.30. The van der Waals surface area contributed by atoms with Gasteiger partial charge in [0.15, 0.2) is 0 Å². The summed E-state index contributed by atoms with van der Waals surface area (Å²) in [4.78, 5) is 16.9. The number of aryl methyl sites for hydroxylation is 1. The van der Waals surface area contributed by atoms with Gasteiger partial charge in [-0.25, -0.2) is 0 Å². The molecule has 0 aliphatic carbocycles. The van der Waals surface area contributed by atoms with Crippen LogP contribution in [0.2, 0.25) is 5.02 Å². The molecule has 1 fully saturated rings. The molecule has 0 spiro atoms. The van der Waals surface area contributed by atoms with Gasteiger partial charge in [-0.15, -0.1) is 0 Å². The molecule has 1 aliphatic heterocycles. The molecule has 1 heterocycles. The van der Waals surface area contributed by atoms with Gasteiger partial charge in [-0.05, 0) is 36.2 Å². The number of hydrogen-bond donors (Lipinski definition) is 1. The van der Waals surface area contributed by atoms with E-state index in [0.717, 1.165) is 49.0 Å². The van der Waals surface area contributed by atoms with Crippen LogP contribution < -0.4 is 5.32 Å². The van der Waals surface area contributed by atoms with Crippen molar-refractivity contribution in [2.45, 2.75) is 13.5 Å². The van der Waals surface area contributed by atoms with Gasteiger partial charge in [0.25, 0.3) is 0 Å². The topological polar surface area (TPSA) is 35.6 Å². The molecule has 25 heavy (non-hydrogen) atoms. The summed E-state index contributed by atoms with van der Waals surface area (Å²) in [6.45, 7) is 7.15. The summed E-state index contributed by atoms with van der Waals surface area (Å²) in [5, 5.41) is 3.78. The predicted octanol–water partition coefficient (Wildman–Crippen LogP) is 3.40. The van der Waals surface area contributed by atoms with Gasteiger partial charge in [0.2, 0.25) is 5.91 Å². The van der Waals surface area contributed by atoms with Gasteiger partial charge < -0.3 is 5.32 Å². The van der Waals surface area contributed by atoms with Crippen molar-refractivity contribution < 1.29 is 4.79 Å². The molecule has 132 valence electrons. The first kappa shape index (κ1) is 17.9. The monoisotopic (exact) mass is 357 g/mol. The van der Waals surface area contributed by atoms with E-state index in [4.69, 9.17) is 11.6 Å². The van der Waals surface area contributed by atoms with Crippen molar-refractivity contribution in [1.29, 1.82) is 0 Å². The van der Waals surface area contributed by atoms with Gasteiger partial charge in [0.05, 0.1) is 6.54 Å². The number of piperazine rings is 1. The van der Waals surface area contributed by atoms with Crippen LogP contribution in [0.15, 0.2) is 48.5 Å². The van der Waals surface area contributed by atoms with Crippen LogP contribution in [0.4, 0.5) is 5.69 Å². The molecule has 0 unspecified atom stereocenters. The minimum Gasteiger partial charge on any atom is -0.325 e. The van der Waals surface area contributed by atoms with Crippen molar-refractivity contribution in [3.05, 3.63) is 64.7 Å². The van der Waals surface area contributed by atoms with E-state index in [1.54, 1.807) is 0 Å². The van der Waals surface area contributed by atoms with E-state index >= 15 is 0 Å². The Kier molecular flexibility index (Phi) is 6.08. The third kappa shape index (κ3) is 5.30. The third-order valence-corrected chi connectivity index (χ3v) is 4.82. The lowest BCUT2D eigenvalue weighted by Crippen LogP contribution is -2.48. The summed E-state index contributed by atoms with van der Waals surface area (Å²) >= 11 is 5.93. The zero-order valence-corrected chi connectivity index (χ0v) is 15.3. The Morgan fingerprint density at radius 1 is 1.00 bits per heavy atom. The van der Waals surface area contributed by atoms with Crippen LogP contribution in [0.5, 0.6) is 0 Å². The van der Waals surface area contributed by atoms with Gasteiger partial charge in [-0.3, -0.25) is 14.6 Å². The number of carbonyl (C=O) groups is 1. The SMILES string of the molecule is Cc1ccccc1NC(=O)CN1CCN(Cc2ccc(Cl)cc2)CC1. The van der Waals surface area contributed by atoms with Crippen molar-refractivity contribution in [1.82, 2.24) is 9.80 Å². The van der Waals surface area contributed by atoms with E-state index in [9.17, 15) is 4.79 Å². The molecular formula is C20H24ClN3O. The Morgan fingerprint density at radius 2 is 1.64 bits per heavy atom. The molecule has 1 amide bonds. The average Bonchev–Trinajstić information content (AvgIpc) is 2.61. The van der Waals surface area contributed by atoms with Gasteiger partial charge in [-0.2, -0.15) is 0 Å². The highest BCUT2D eigenvalue weighted by Gasteiger charge is 2.19. The number of amides is 1. The summed E-state index contributed by atoms with van der Waals surface area (Å²) < 4.78 is 0. The van der Waals surface area contributed by atoms with Crippen LogP contribution in [0.1, 0.15) is 11.1 Å². The van der Waals surface area contributed by atoms with Crippen molar-refractivity contribution >= 4 is 23.2 Å². The maximum Gasteiger partial charge on any atom is 0.238 e. The number of carbonyl (C=O) groups excluding carboxylic acids is 1. The third-order valence-electron chi connectivity index (χ3n) is 4.57. The molecule has 0 radical (unpaired) electrons. The van der Waals surface area contributed by atoms with Crippen LogP contribution >= 0.6 is 11.6 Å². The molecule has 5 heteroatoms. The lowest BCUT2D eigenvalue weighted by molar-refractivity contribution is -0.117. The molecule has 0 aromatic heterocycles. The van der Waals surface area contributed by atoms with E-state index in [1.807, 2.05) is 43.3 Å². The van der Waals surface area contributed by atoms with Crippen LogP contribution in [0.25, 0.3) is 0 Å². The first-order valence-electron chi connectivity index (χ1n) is 8.65. The smallest absolute Gasteiger partial charge is 0.238 e. The number of halogens is 1. The minimum absolute atomic E-state index is 0.0560. The number of para-hydroxylation sites is 1. The number of anilines is 1. The Bertz CT molecular complexity index is 709. The van der Waals surface area contributed by atoms with Crippen molar-refractivity contribution in [2.75, 3.05) is 38.0 Å². The second-order valence-electron chi connectivity index (χ2n) is 6.54. The molecule has 0 atom stereocenters. The molecule has 4 nitrogen and oxygen atoms in total. The zero-order chi connectivity index (χ0) is 17.6. The first-order chi connectivity index (χ1) is 12.1. The van der Waals surface area contributed by atoms with E-state index in [0.29, 0.717) is 6.54 Å². The van der Waals surface area contributed by atoms with Crippen molar-refractivity contribution in [3.8, 4) is 0 Å². The molecule has 0 saturated carbocycles. The predicted molar refractivity (Wildman–Crippen MR) is 103 cm³/mol. The Balaban J connectivity index is 1.43. The summed E-state index contributed by atoms with van der Waals surface area (Å²) in [6, 6.07) is 15.9. The Labute approximate surface area is 154 Å². The fourth-order valence-corrected chi connectivity index (χ4v) is 3.19. The number of rotatable bonds is 5. The molecule has 1 saturated heterocycles. The van der Waals surface area contributed by atoms with Crippen LogP contribution in [-0.2, 0) is 11.3 Å². The molecular weight excluding hydrogens is 334 g/mol. The fourth-order valence-electron chi connectivity index (χ4n) is 3.06. The number of hydrogen-bond acceptors (Lipinski definition) is 3. The lowest BCUT2D eigenvalue weighted by Gasteiger charge is -2.34. The maximum absolute atomic E-state index is 12.3. The highest BCUT2D eigenvalue weighted by atomic mass is 35.5. The number of nitrogens with one attached hydrogen (secondary N) is 1. The largest absolute Gasteiger partial charge is 0.325 e. The maximum atomic E-state index is 12.3. The molecule has 2 aromatic carbocycles. The number of nitrogens with zero attached hydrogens (tertiary/aromatic N) is 2. The number of benzene rings is 2. The zero-order valence-electron chi connectivity index (χ0n) is 14.5. The van der Waals surface area contributed by atoms with Crippen LogP contribution in [0, 0.1) is 6.92 Å². The van der Waals surface area contributed by atoms with E-state index in [2.05, 4.69) is 27.2 Å². The van der Waals surface area contributed by atoms with Crippen molar-refractivity contribution in [2.24, 2.45) is 0 Å². The van der Waals surface area contributed by atoms with Gasteiger partial charge in [0.1, 0.15) is 0 Å². The summed E-state index contributed by atoms with van der Waals surface area (Å²) in [6.07, 6.45) is 0. The van der Waals surface area contributed by atoms with E-state index in [1.165, 1.54) is 5.56 Å². The molecule has 3 rings (SSSR count). The Morgan fingerprint density at radius 3 is 2.32 bits per heavy atom. The van der Waals surface area contributed by atoms with Crippen molar-refractivity contribution in [3.63, 3.8) is 0 Å². The molecule has 1 aliphatic rings. The average molecular weight is 358 g/mol. The van der Waals surface area contributed by atoms with Gasteiger partial charge in [0, 0.05) is 43.4 Å². The van der Waals surface area contributed by atoms with Crippen LogP contribution in [0.3, 0.4) is 0 Å². The first-order valence-corrected chi connectivity index (χ1v) is 9.02.